The molecule has 2 unspecified atom stereocenters. The van der Waals surface area contributed by atoms with Gasteiger partial charge in [0.2, 0.25) is 0 Å². The molecule has 68 valence electrons. The average Bonchev–Trinajstić information content (AvgIpc) is 2.36. The van der Waals surface area contributed by atoms with Gasteiger partial charge in [0.05, 0.1) is 0 Å². The predicted octanol–water partition coefficient (Wildman–Crippen LogP) is 2.45. The first-order valence-electron chi connectivity index (χ1n) is 4.53. The molecule has 0 spiro atoms. The van der Waals surface area contributed by atoms with Gasteiger partial charge in [-0.25, -0.2) is 4.79 Å². The van der Waals surface area contributed by atoms with Crippen LogP contribution >= 0.6 is 0 Å². The van der Waals surface area contributed by atoms with Crippen molar-refractivity contribution in [2.45, 2.75) is 33.1 Å². The number of hydrogen-bond donors (Lipinski definition) is 1. The molecule has 1 rings (SSSR count). The summed E-state index contributed by atoms with van der Waals surface area (Å²) in [6.45, 7) is 3.87. The molecule has 1 aliphatic rings. The summed E-state index contributed by atoms with van der Waals surface area (Å²) in [5.41, 5.74) is 0.494. The fourth-order valence-electron chi connectivity index (χ4n) is 1.81. The van der Waals surface area contributed by atoms with E-state index in [1.54, 1.807) is 6.92 Å². The molecule has 2 nitrogen and oxygen atoms in total. The summed E-state index contributed by atoms with van der Waals surface area (Å²) < 4.78 is 0. The molecule has 0 aromatic rings. The Bertz CT molecular complexity index is 206. The van der Waals surface area contributed by atoms with E-state index in [1.165, 1.54) is 12.8 Å². The molecule has 0 aromatic carbocycles. The van der Waals surface area contributed by atoms with Crippen LogP contribution in [0.1, 0.15) is 33.1 Å². The highest BCUT2D eigenvalue weighted by Gasteiger charge is 2.21. The Morgan fingerprint density at radius 3 is 2.58 bits per heavy atom. The lowest BCUT2D eigenvalue weighted by molar-refractivity contribution is -0.132. The Labute approximate surface area is 73.3 Å². The van der Waals surface area contributed by atoms with Crippen molar-refractivity contribution >= 4 is 5.97 Å². The van der Waals surface area contributed by atoms with Gasteiger partial charge >= 0.3 is 5.97 Å². The third-order valence-corrected chi connectivity index (χ3v) is 2.73. The average molecular weight is 168 g/mol. The minimum Gasteiger partial charge on any atom is -0.478 e. The van der Waals surface area contributed by atoms with E-state index in [2.05, 4.69) is 6.92 Å². The summed E-state index contributed by atoms with van der Waals surface area (Å²) in [6, 6.07) is 0. The zero-order chi connectivity index (χ0) is 9.14. The van der Waals surface area contributed by atoms with E-state index < -0.39 is 5.97 Å². The van der Waals surface area contributed by atoms with Crippen LogP contribution in [0.2, 0.25) is 0 Å². The molecule has 0 aliphatic heterocycles. The van der Waals surface area contributed by atoms with Gasteiger partial charge in [-0.3, -0.25) is 0 Å². The van der Waals surface area contributed by atoms with E-state index in [9.17, 15) is 4.79 Å². The summed E-state index contributed by atoms with van der Waals surface area (Å²) in [5, 5.41) is 8.66. The molecule has 0 amide bonds. The van der Waals surface area contributed by atoms with Gasteiger partial charge in [-0.2, -0.15) is 0 Å². The standard InChI is InChI=1S/C10H16O2/c1-7-4-3-5-9(7)6-8(2)10(11)12/h6-7,9H,3-5H2,1-2H3,(H,11,12). The molecular formula is C10H16O2. The molecule has 1 saturated carbocycles. The van der Waals surface area contributed by atoms with E-state index in [0.29, 0.717) is 17.4 Å². The Morgan fingerprint density at radius 2 is 2.17 bits per heavy atom. The normalized spacial score (nSPS) is 30.7. The van der Waals surface area contributed by atoms with Crippen LogP contribution in [0.25, 0.3) is 0 Å². The Hall–Kier alpha value is -0.790. The third-order valence-electron chi connectivity index (χ3n) is 2.73. The monoisotopic (exact) mass is 168 g/mol. The van der Waals surface area contributed by atoms with Gasteiger partial charge in [-0.05, 0) is 25.2 Å². The van der Waals surface area contributed by atoms with Gasteiger partial charge in [0.25, 0.3) is 0 Å². The third kappa shape index (κ3) is 2.10. The number of carboxylic acid groups (broad SMARTS) is 1. The fraction of sp³-hybridized carbons (Fsp3) is 0.700. The van der Waals surface area contributed by atoms with Crippen molar-refractivity contribution in [3.05, 3.63) is 11.6 Å². The number of aliphatic carboxylic acids is 1. The van der Waals surface area contributed by atoms with E-state index in [1.807, 2.05) is 6.08 Å². The quantitative estimate of drug-likeness (QED) is 0.643. The molecule has 0 saturated heterocycles. The van der Waals surface area contributed by atoms with Crippen LogP contribution in [-0.2, 0) is 4.79 Å². The molecule has 12 heavy (non-hydrogen) atoms. The van der Waals surface area contributed by atoms with E-state index >= 15 is 0 Å². The largest absolute Gasteiger partial charge is 0.478 e. The van der Waals surface area contributed by atoms with Crippen molar-refractivity contribution in [1.82, 2.24) is 0 Å². The van der Waals surface area contributed by atoms with Crippen LogP contribution in [0.15, 0.2) is 11.6 Å². The minimum absolute atomic E-state index is 0.494. The summed E-state index contributed by atoms with van der Waals surface area (Å²) in [5.74, 6) is 0.384. The molecule has 1 fully saturated rings. The number of allylic oxidation sites excluding steroid dienone is 1. The maximum absolute atomic E-state index is 10.5. The lowest BCUT2D eigenvalue weighted by atomic mass is 9.96. The second-order valence-electron chi connectivity index (χ2n) is 3.73. The number of rotatable bonds is 2. The molecule has 2 atom stereocenters. The highest BCUT2D eigenvalue weighted by molar-refractivity contribution is 5.85. The van der Waals surface area contributed by atoms with Crippen molar-refractivity contribution in [3.8, 4) is 0 Å². The van der Waals surface area contributed by atoms with Crippen molar-refractivity contribution in [2.24, 2.45) is 11.8 Å². The molecule has 0 aromatic heterocycles. The van der Waals surface area contributed by atoms with Gasteiger partial charge < -0.3 is 5.11 Å². The maximum Gasteiger partial charge on any atom is 0.330 e. The van der Waals surface area contributed by atoms with Crippen LogP contribution in [-0.4, -0.2) is 11.1 Å². The smallest absolute Gasteiger partial charge is 0.330 e. The number of carboxylic acids is 1. The van der Waals surface area contributed by atoms with Crippen molar-refractivity contribution in [2.75, 3.05) is 0 Å². The van der Waals surface area contributed by atoms with Gasteiger partial charge in [0.15, 0.2) is 0 Å². The molecule has 0 radical (unpaired) electrons. The fourth-order valence-corrected chi connectivity index (χ4v) is 1.81. The number of carbonyl (C=O) groups is 1. The van der Waals surface area contributed by atoms with Crippen LogP contribution in [0.4, 0.5) is 0 Å². The van der Waals surface area contributed by atoms with Crippen LogP contribution in [0, 0.1) is 11.8 Å². The topological polar surface area (TPSA) is 37.3 Å². The Balaban J connectivity index is 2.59. The Kier molecular flexibility index (Phi) is 2.90. The first-order chi connectivity index (χ1) is 5.61. The van der Waals surface area contributed by atoms with Crippen molar-refractivity contribution in [3.63, 3.8) is 0 Å². The van der Waals surface area contributed by atoms with E-state index in [4.69, 9.17) is 5.11 Å². The van der Waals surface area contributed by atoms with Gasteiger partial charge in [-0.15, -0.1) is 0 Å². The summed E-state index contributed by atoms with van der Waals surface area (Å²) in [4.78, 5) is 10.5. The summed E-state index contributed by atoms with van der Waals surface area (Å²) in [6.07, 6.45) is 5.56. The van der Waals surface area contributed by atoms with Crippen molar-refractivity contribution in [1.29, 1.82) is 0 Å². The van der Waals surface area contributed by atoms with Crippen LogP contribution < -0.4 is 0 Å². The summed E-state index contributed by atoms with van der Waals surface area (Å²) in [7, 11) is 0. The Morgan fingerprint density at radius 1 is 1.50 bits per heavy atom. The zero-order valence-corrected chi connectivity index (χ0v) is 7.71. The van der Waals surface area contributed by atoms with Crippen LogP contribution in [0.5, 0.6) is 0 Å². The molecule has 0 heterocycles. The van der Waals surface area contributed by atoms with E-state index in [-0.39, 0.29) is 0 Å². The molecule has 1 N–H and O–H groups in total. The molecule has 2 heteroatoms. The predicted molar refractivity (Wildman–Crippen MR) is 47.9 cm³/mol. The molecular weight excluding hydrogens is 152 g/mol. The highest BCUT2D eigenvalue weighted by atomic mass is 16.4. The van der Waals surface area contributed by atoms with E-state index in [0.717, 1.165) is 6.42 Å². The first-order valence-corrected chi connectivity index (χ1v) is 4.53. The minimum atomic E-state index is -0.783. The highest BCUT2D eigenvalue weighted by Crippen LogP contribution is 2.32. The molecule has 1 aliphatic carbocycles. The van der Waals surface area contributed by atoms with Gasteiger partial charge in [0, 0.05) is 5.57 Å². The van der Waals surface area contributed by atoms with Gasteiger partial charge in [-0.1, -0.05) is 25.8 Å². The summed E-state index contributed by atoms with van der Waals surface area (Å²) >= 11 is 0. The lowest BCUT2D eigenvalue weighted by Crippen LogP contribution is -2.04. The first kappa shape index (κ1) is 9.30. The lowest BCUT2D eigenvalue weighted by Gasteiger charge is -2.09. The second kappa shape index (κ2) is 3.74. The molecule has 0 bridgehead atoms. The second-order valence-corrected chi connectivity index (χ2v) is 3.73. The zero-order valence-electron chi connectivity index (χ0n) is 7.71. The van der Waals surface area contributed by atoms with Gasteiger partial charge in [0.1, 0.15) is 0 Å². The van der Waals surface area contributed by atoms with Crippen molar-refractivity contribution < 1.29 is 9.90 Å². The number of hydrogen-bond acceptors (Lipinski definition) is 1. The SMILES string of the molecule is CC(=CC1CCCC1C)C(=O)O. The van der Waals surface area contributed by atoms with Crippen LogP contribution in [0.3, 0.4) is 0 Å². The maximum atomic E-state index is 10.5.